The molecule has 2 N–H and O–H groups in total. The molecule has 0 amide bonds. The summed E-state index contributed by atoms with van der Waals surface area (Å²) in [6, 6.07) is 13.3. The van der Waals surface area contributed by atoms with E-state index >= 15 is 4.39 Å². The number of carbonyl (C=O) groups excluding carboxylic acids is 1. The van der Waals surface area contributed by atoms with Gasteiger partial charge >= 0.3 is 0 Å². The molecule has 0 aliphatic heterocycles. The zero-order valence-corrected chi connectivity index (χ0v) is 29.5. The van der Waals surface area contributed by atoms with Crippen molar-refractivity contribution < 1.29 is 32.6 Å². The first-order valence-electron chi connectivity index (χ1n) is 14.1. The van der Waals surface area contributed by atoms with Gasteiger partial charge in [-0.3, -0.25) is 9.48 Å². The van der Waals surface area contributed by atoms with Gasteiger partial charge in [0.2, 0.25) is 0 Å². The van der Waals surface area contributed by atoms with Gasteiger partial charge in [0.1, 0.15) is 11.4 Å². The second-order valence-corrected chi connectivity index (χ2v) is 15.7. The molecule has 14 heteroatoms. The summed E-state index contributed by atoms with van der Waals surface area (Å²) >= 11 is 14.3. The number of benzene rings is 3. The van der Waals surface area contributed by atoms with E-state index in [-0.39, 0.29) is 39.8 Å². The van der Waals surface area contributed by atoms with Crippen LogP contribution in [0.1, 0.15) is 57.9 Å². The maximum atomic E-state index is 16.9. The Bertz CT molecular complexity index is 1900. The summed E-state index contributed by atoms with van der Waals surface area (Å²) in [5, 5.41) is 27.1. The minimum Gasteiger partial charge on any atom is -0.387 e. The first-order valence-corrected chi connectivity index (χ1v) is 17.7. The van der Waals surface area contributed by atoms with E-state index in [1.54, 1.807) is 52.8 Å². The zero-order valence-electron chi connectivity index (χ0n) is 25.0. The number of rotatable bonds is 12. The van der Waals surface area contributed by atoms with E-state index in [9.17, 15) is 23.4 Å². The van der Waals surface area contributed by atoms with Crippen LogP contribution in [0.2, 0.25) is 10.0 Å². The van der Waals surface area contributed by atoms with Crippen molar-refractivity contribution in [2.24, 2.45) is 7.05 Å². The highest BCUT2D eigenvalue weighted by molar-refractivity contribution is 14.1. The predicted molar refractivity (Wildman–Crippen MR) is 180 cm³/mol. The number of carbonyl (C=O) groups is 1. The number of halogens is 4. The van der Waals surface area contributed by atoms with E-state index in [2.05, 4.69) is 5.10 Å². The van der Waals surface area contributed by atoms with Crippen molar-refractivity contribution in [3.63, 3.8) is 0 Å². The number of aromatic nitrogens is 2. The first-order chi connectivity index (χ1) is 21.5. The molecular weight excluding hydrogens is 771 g/mol. The Balaban J connectivity index is 1.77. The Morgan fingerprint density at radius 3 is 2.33 bits per heavy atom. The summed E-state index contributed by atoms with van der Waals surface area (Å²) in [5.74, 6) is -0.886. The molecule has 244 valence electrons. The summed E-state index contributed by atoms with van der Waals surface area (Å²) in [6.07, 6.45) is 5.47. The molecule has 1 saturated carbocycles. The molecule has 0 saturated heterocycles. The van der Waals surface area contributed by atoms with Crippen LogP contribution in [0.25, 0.3) is 0 Å². The lowest BCUT2D eigenvalue weighted by Gasteiger charge is -2.42. The van der Waals surface area contributed by atoms with Crippen molar-refractivity contribution in [1.29, 1.82) is 0 Å². The van der Waals surface area contributed by atoms with Crippen molar-refractivity contribution in [3.05, 3.63) is 116 Å². The number of sulfone groups is 1. The fraction of sp³-hybridized carbons (Fsp3) is 0.312. The quantitative estimate of drug-likeness (QED) is 0.0783. The van der Waals surface area contributed by atoms with Crippen LogP contribution in [-0.4, -0.2) is 56.3 Å². The molecule has 0 radical (unpaired) electrons. The molecule has 0 spiro atoms. The Morgan fingerprint density at radius 2 is 1.76 bits per heavy atom. The molecule has 1 aliphatic carbocycles. The lowest BCUT2D eigenvalue weighted by Crippen LogP contribution is -2.47. The van der Waals surface area contributed by atoms with Crippen LogP contribution >= 0.6 is 46.1 Å². The normalized spacial score (nSPS) is 17.0. The average molecular weight is 802 g/mol. The van der Waals surface area contributed by atoms with Crippen LogP contribution in [0, 0.1) is 5.82 Å². The minimum atomic E-state index is -3.75. The van der Waals surface area contributed by atoms with Gasteiger partial charge in [0.05, 0.1) is 28.9 Å². The van der Waals surface area contributed by atoms with Gasteiger partial charge in [0, 0.05) is 75.6 Å². The fourth-order valence-corrected chi connectivity index (χ4v) is 7.64. The molecule has 1 aliphatic rings. The van der Waals surface area contributed by atoms with Gasteiger partial charge in [-0.15, -0.1) is 0 Å². The third kappa shape index (κ3) is 6.90. The molecular formula is C32H31Cl2FIN3O6S. The van der Waals surface area contributed by atoms with Crippen molar-refractivity contribution >= 4 is 62.2 Å². The number of aliphatic hydroxyl groups is 2. The van der Waals surface area contributed by atoms with E-state index in [0.717, 1.165) is 12.3 Å². The SMILES string of the molecule is Cn1cc([C@](C)(O)c2cc(F)c(C(OCC3(O)CC3)(c3ccc(Cl)cc3)N(I)Cc3ccc(Cl)cc3S(C)(=O)=O)c(C=O)c2)cn1. The Hall–Kier alpha value is -2.43. The summed E-state index contributed by atoms with van der Waals surface area (Å²) in [6.45, 7) is 1.10. The van der Waals surface area contributed by atoms with E-state index in [4.69, 9.17) is 27.9 Å². The highest BCUT2D eigenvalue weighted by Crippen LogP contribution is 2.47. The number of ether oxygens (including phenoxy) is 1. The van der Waals surface area contributed by atoms with Crippen molar-refractivity contribution in [3.8, 4) is 0 Å². The molecule has 1 aromatic heterocycles. The number of aldehydes is 1. The van der Waals surface area contributed by atoms with Gasteiger partial charge in [-0.1, -0.05) is 41.4 Å². The monoisotopic (exact) mass is 801 g/mol. The Labute approximate surface area is 290 Å². The lowest BCUT2D eigenvalue weighted by molar-refractivity contribution is -0.121. The van der Waals surface area contributed by atoms with Crippen molar-refractivity contribution in [2.75, 3.05) is 12.9 Å². The largest absolute Gasteiger partial charge is 0.387 e. The number of nitrogens with zero attached hydrogens (tertiary/aromatic N) is 3. The first kappa shape index (κ1) is 34.9. The summed E-state index contributed by atoms with van der Waals surface area (Å²) in [7, 11) is -2.08. The summed E-state index contributed by atoms with van der Waals surface area (Å²) in [4.78, 5) is 12.8. The smallest absolute Gasteiger partial charge is 0.186 e. The van der Waals surface area contributed by atoms with Crippen LogP contribution in [0.15, 0.2) is 71.9 Å². The van der Waals surface area contributed by atoms with Crippen LogP contribution < -0.4 is 0 Å². The molecule has 1 fully saturated rings. The predicted octanol–water partition coefficient (Wildman–Crippen LogP) is 5.93. The van der Waals surface area contributed by atoms with Crippen LogP contribution in [0.3, 0.4) is 0 Å². The second-order valence-electron chi connectivity index (χ2n) is 11.7. The molecule has 2 atom stereocenters. The van der Waals surface area contributed by atoms with Crippen molar-refractivity contribution in [2.45, 2.75) is 48.1 Å². The number of hydrogen-bond donors (Lipinski definition) is 2. The highest BCUT2D eigenvalue weighted by atomic mass is 127. The minimum absolute atomic E-state index is 0.0357. The van der Waals surface area contributed by atoms with E-state index in [1.165, 1.54) is 29.9 Å². The molecule has 46 heavy (non-hydrogen) atoms. The number of hydrogen-bond acceptors (Lipinski definition) is 8. The van der Waals surface area contributed by atoms with Crippen molar-refractivity contribution in [1.82, 2.24) is 12.9 Å². The molecule has 4 aromatic rings. The maximum Gasteiger partial charge on any atom is 0.186 e. The molecule has 5 rings (SSSR count). The second kappa shape index (κ2) is 12.9. The van der Waals surface area contributed by atoms with E-state index in [1.807, 2.05) is 22.9 Å². The van der Waals surface area contributed by atoms with Crippen LogP contribution in [0.5, 0.6) is 0 Å². The molecule has 0 bridgehead atoms. The van der Waals surface area contributed by atoms with Gasteiger partial charge in [-0.25, -0.2) is 15.9 Å². The van der Waals surface area contributed by atoms with Crippen LogP contribution in [-0.2, 0) is 39.5 Å². The summed E-state index contributed by atoms with van der Waals surface area (Å²) < 4.78 is 52.0. The Morgan fingerprint density at radius 1 is 1.11 bits per heavy atom. The van der Waals surface area contributed by atoms with Gasteiger partial charge in [0.25, 0.3) is 0 Å². The molecule has 3 aromatic carbocycles. The third-order valence-corrected chi connectivity index (χ3v) is 10.8. The molecule has 1 unspecified atom stereocenters. The standard InChI is InChI=1S/C32H31Cl2FIN3O6S/c1-30(41,24-15-37-38(2)17-24)23-12-21(18-40)29(27(35)13-23)32(45-19-31(42)10-11-31,22-5-8-25(33)9-6-22)39(36)16-20-4-7-26(34)14-28(20)46(3,43)44/h4-9,12-15,17-18,41-42H,10-11,16,19H2,1-3H3/t30-,32?/m1/s1. The average Bonchev–Trinajstić information content (AvgIpc) is 3.56. The van der Waals surface area contributed by atoms with E-state index in [0.29, 0.717) is 40.8 Å². The molecule has 9 nitrogen and oxygen atoms in total. The Kier molecular flexibility index (Phi) is 9.77. The van der Waals surface area contributed by atoms with Gasteiger partial charge in [-0.05, 0) is 67.3 Å². The number of aryl methyl sites for hydroxylation is 1. The fourth-order valence-electron chi connectivity index (χ4n) is 5.30. The third-order valence-electron chi connectivity index (χ3n) is 8.11. The molecule has 1 heterocycles. The lowest BCUT2D eigenvalue weighted by atomic mass is 9.84. The van der Waals surface area contributed by atoms with Gasteiger partial charge in [-0.2, -0.15) is 5.10 Å². The topological polar surface area (TPSA) is 122 Å². The maximum absolute atomic E-state index is 16.9. The summed E-state index contributed by atoms with van der Waals surface area (Å²) in [5.41, 5.74) is -4.02. The van der Waals surface area contributed by atoms with Gasteiger partial charge < -0.3 is 14.9 Å². The van der Waals surface area contributed by atoms with Crippen LogP contribution in [0.4, 0.5) is 4.39 Å². The highest BCUT2D eigenvalue weighted by Gasteiger charge is 2.50. The van der Waals surface area contributed by atoms with E-state index < -0.39 is 32.6 Å². The zero-order chi connectivity index (χ0) is 33.7. The van der Waals surface area contributed by atoms with Gasteiger partial charge in [0.15, 0.2) is 21.8 Å².